The average Bonchev–Trinajstić information content (AvgIpc) is 2.80. The minimum Gasteiger partial charge on any atom is -0.453 e. The number of likely N-dealkylation sites (tertiary alicyclic amines) is 1. The number of Topliss-reactive ketones (excluding diaryl/α,β-unsaturated/α-hetero) is 1. The average molecular weight is 313 g/mol. The molecule has 6 unspecified atom stereocenters. The van der Waals surface area contributed by atoms with Crippen LogP contribution in [0.2, 0.25) is 0 Å². The van der Waals surface area contributed by atoms with E-state index in [9.17, 15) is 9.59 Å². The Morgan fingerprint density at radius 3 is 2.57 bits per heavy atom. The van der Waals surface area contributed by atoms with Gasteiger partial charge in [-0.1, -0.05) is 20.8 Å². The molecule has 6 atom stereocenters. The highest BCUT2D eigenvalue weighted by Crippen LogP contribution is 2.52. The summed E-state index contributed by atoms with van der Waals surface area (Å²) in [6, 6.07) is 0.230. The molecule has 0 aromatic heterocycles. The number of hydrogen-bond donors (Lipinski definition) is 0. The summed E-state index contributed by atoms with van der Waals surface area (Å²) in [6.45, 7) is 9.29. The summed E-state index contributed by atoms with van der Waals surface area (Å²) in [7, 11) is 2.20. The van der Waals surface area contributed by atoms with E-state index < -0.39 is 0 Å². The van der Waals surface area contributed by atoms with E-state index in [1.54, 1.807) is 0 Å². The Kier molecular flexibility index (Phi) is 4.97. The molecular formula is C16H28NO3P. The lowest BCUT2D eigenvalue weighted by atomic mass is 9.80. The van der Waals surface area contributed by atoms with Gasteiger partial charge < -0.3 is 9.64 Å². The molecule has 2 saturated heterocycles. The van der Waals surface area contributed by atoms with Crippen molar-refractivity contribution in [3.63, 3.8) is 0 Å². The van der Waals surface area contributed by atoms with Crippen molar-refractivity contribution in [3.05, 3.63) is 0 Å². The summed E-state index contributed by atoms with van der Waals surface area (Å²) in [5, 5.41) is 0.177. The van der Waals surface area contributed by atoms with Crippen LogP contribution in [0.4, 0.5) is 4.79 Å². The van der Waals surface area contributed by atoms with Crippen LogP contribution in [0.3, 0.4) is 0 Å². The molecule has 1 spiro atoms. The third-order valence-corrected chi connectivity index (χ3v) is 7.81. The number of hydrogen-bond acceptors (Lipinski definition) is 3. The van der Waals surface area contributed by atoms with Crippen molar-refractivity contribution in [2.24, 2.45) is 17.8 Å². The SMILES string of the molecule is COC(=O)N1CC2(CC1C)PCC(C)C(=O)C(C)CC2C. The maximum Gasteiger partial charge on any atom is 0.409 e. The fourth-order valence-corrected chi connectivity index (χ4v) is 6.10. The van der Waals surface area contributed by atoms with Crippen molar-refractivity contribution in [2.45, 2.75) is 51.7 Å². The smallest absolute Gasteiger partial charge is 0.409 e. The molecule has 5 heteroatoms. The van der Waals surface area contributed by atoms with Gasteiger partial charge in [0.25, 0.3) is 0 Å². The topological polar surface area (TPSA) is 46.6 Å². The van der Waals surface area contributed by atoms with Crippen LogP contribution in [0.5, 0.6) is 0 Å². The van der Waals surface area contributed by atoms with Crippen LogP contribution in [0, 0.1) is 17.8 Å². The Balaban J connectivity index is 2.21. The Morgan fingerprint density at radius 1 is 1.29 bits per heavy atom. The quantitative estimate of drug-likeness (QED) is 0.645. The number of amides is 1. The van der Waals surface area contributed by atoms with Crippen LogP contribution < -0.4 is 0 Å². The zero-order chi connectivity index (χ0) is 15.8. The normalized spacial score (nSPS) is 42.1. The second kappa shape index (κ2) is 6.24. The number of carbonyl (C=O) groups excluding carboxylic acids is 2. The largest absolute Gasteiger partial charge is 0.453 e. The highest BCUT2D eigenvalue weighted by atomic mass is 31.1. The molecule has 0 aromatic carbocycles. The predicted molar refractivity (Wildman–Crippen MR) is 86.2 cm³/mol. The number of nitrogens with zero attached hydrogens (tertiary/aromatic N) is 1. The molecule has 0 radical (unpaired) electrons. The molecule has 4 nitrogen and oxygen atoms in total. The van der Waals surface area contributed by atoms with Gasteiger partial charge in [0, 0.05) is 29.6 Å². The number of carbonyl (C=O) groups is 2. The van der Waals surface area contributed by atoms with E-state index in [1.165, 1.54) is 7.11 Å². The molecule has 0 aliphatic carbocycles. The molecule has 0 saturated carbocycles. The van der Waals surface area contributed by atoms with Gasteiger partial charge in [-0.3, -0.25) is 4.79 Å². The molecule has 2 heterocycles. The van der Waals surface area contributed by atoms with Gasteiger partial charge in [-0.2, -0.15) is 0 Å². The Bertz CT molecular complexity index is 428. The standard InChI is InChI=1S/C16H28NO3P/c1-10-6-12(3)16(21-8-11(2)14(10)18)7-13(4)17(9-16)15(19)20-5/h10-13,21H,6-9H2,1-5H3. The van der Waals surface area contributed by atoms with Crippen LogP contribution in [-0.2, 0) is 9.53 Å². The van der Waals surface area contributed by atoms with Crippen molar-refractivity contribution < 1.29 is 14.3 Å². The van der Waals surface area contributed by atoms with E-state index in [-0.39, 0.29) is 29.1 Å². The lowest BCUT2D eigenvalue weighted by molar-refractivity contribution is -0.125. The molecule has 2 rings (SSSR count). The first-order chi connectivity index (χ1) is 9.80. The highest BCUT2D eigenvalue weighted by molar-refractivity contribution is 7.40. The molecule has 0 aromatic rings. The number of ketones is 1. The maximum absolute atomic E-state index is 12.2. The van der Waals surface area contributed by atoms with Crippen molar-refractivity contribution in [3.8, 4) is 0 Å². The van der Waals surface area contributed by atoms with E-state index in [2.05, 4.69) is 27.7 Å². The van der Waals surface area contributed by atoms with Crippen LogP contribution in [0.1, 0.15) is 40.5 Å². The first kappa shape index (κ1) is 16.7. The van der Waals surface area contributed by atoms with E-state index in [0.29, 0.717) is 11.7 Å². The molecule has 120 valence electrons. The molecule has 0 N–H and O–H groups in total. The van der Waals surface area contributed by atoms with Crippen LogP contribution in [0.25, 0.3) is 0 Å². The van der Waals surface area contributed by atoms with E-state index in [4.69, 9.17) is 4.74 Å². The molecule has 0 bridgehead atoms. The summed E-state index contributed by atoms with van der Waals surface area (Å²) in [5.74, 6) is 1.18. The Morgan fingerprint density at radius 2 is 1.95 bits per heavy atom. The van der Waals surface area contributed by atoms with Gasteiger partial charge in [-0.25, -0.2) is 4.79 Å². The predicted octanol–water partition coefficient (Wildman–Crippen LogP) is 3.15. The van der Waals surface area contributed by atoms with Crippen LogP contribution in [-0.4, -0.2) is 47.8 Å². The first-order valence-corrected chi connectivity index (χ1v) is 9.14. The fraction of sp³-hybridized carbons (Fsp3) is 0.875. The number of ether oxygens (including phenoxy) is 1. The maximum atomic E-state index is 12.2. The number of rotatable bonds is 0. The van der Waals surface area contributed by atoms with Crippen LogP contribution >= 0.6 is 8.58 Å². The van der Waals surface area contributed by atoms with Crippen molar-refractivity contribution in [1.29, 1.82) is 0 Å². The molecule has 2 fully saturated rings. The van der Waals surface area contributed by atoms with E-state index in [0.717, 1.165) is 34.1 Å². The second-order valence-corrected chi connectivity index (χ2v) is 8.79. The zero-order valence-corrected chi connectivity index (χ0v) is 14.8. The second-order valence-electron chi connectivity index (χ2n) is 7.03. The number of methoxy groups -OCH3 is 1. The van der Waals surface area contributed by atoms with Gasteiger partial charge in [0.1, 0.15) is 5.78 Å². The zero-order valence-electron chi connectivity index (χ0n) is 13.8. The molecule has 2 aliphatic rings. The summed E-state index contributed by atoms with van der Waals surface area (Å²) < 4.78 is 4.92. The van der Waals surface area contributed by atoms with Gasteiger partial charge >= 0.3 is 6.09 Å². The Hall–Kier alpha value is -0.630. The minimum absolute atomic E-state index is 0.138. The molecule has 1 amide bonds. The summed E-state index contributed by atoms with van der Waals surface area (Å²) >= 11 is 0. The summed E-state index contributed by atoms with van der Waals surface area (Å²) in [6.07, 6.45) is 2.73. The monoisotopic (exact) mass is 313 g/mol. The van der Waals surface area contributed by atoms with Gasteiger partial charge in [-0.05, 0) is 31.8 Å². The van der Waals surface area contributed by atoms with Crippen molar-refractivity contribution >= 4 is 20.5 Å². The van der Waals surface area contributed by atoms with Gasteiger partial charge in [0.05, 0.1) is 7.11 Å². The summed E-state index contributed by atoms with van der Waals surface area (Å²) in [5.41, 5.74) is 0. The van der Waals surface area contributed by atoms with Gasteiger partial charge in [0.15, 0.2) is 0 Å². The molecule has 21 heavy (non-hydrogen) atoms. The van der Waals surface area contributed by atoms with Crippen LogP contribution in [0.15, 0.2) is 0 Å². The lowest BCUT2D eigenvalue weighted by Crippen LogP contribution is -2.41. The fourth-order valence-electron chi connectivity index (χ4n) is 4.00. The minimum atomic E-state index is -0.212. The van der Waals surface area contributed by atoms with Gasteiger partial charge in [-0.15, -0.1) is 8.58 Å². The first-order valence-electron chi connectivity index (χ1n) is 7.94. The highest BCUT2D eigenvalue weighted by Gasteiger charge is 2.49. The third-order valence-electron chi connectivity index (χ3n) is 5.44. The van der Waals surface area contributed by atoms with Gasteiger partial charge in [0.2, 0.25) is 0 Å². The lowest BCUT2D eigenvalue weighted by Gasteiger charge is -2.39. The summed E-state index contributed by atoms with van der Waals surface area (Å²) in [4.78, 5) is 26.1. The molecular weight excluding hydrogens is 285 g/mol. The van der Waals surface area contributed by atoms with E-state index in [1.807, 2.05) is 4.90 Å². The molecule has 2 aliphatic heterocycles. The Labute approximate surface area is 129 Å². The van der Waals surface area contributed by atoms with E-state index >= 15 is 0 Å². The van der Waals surface area contributed by atoms with Crippen molar-refractivity contribution in [1.82, 2.24) is 4.90 Å². The van der Waals surface area contributed by atoms with Crippen molar-refractivity contribution in [2.75, 3.05) is 19.8 Å². The third kappa shape index (κ3) is 3.11.